The average Bonchev–Trinajstić information content (AvgIpc) is 3.26. The summed E-state index contributed by atoms with van der Waals surface area (Å²) in [7, 11) is 1.62. The molecule has 1 atom stereocenters. The Labute approximate surface area is 164 Å². The minimum Gasteiger partial charge on any atom is -0.491 e. The van der Waals surface area contributed by atoms with Gasteiger partial charge in [0.25, 0.3) is 5.88 Å². The number of hydrogen-bond acceptors (Lipinski definition) is 6. The molecule has 0 aliphatic carbocycles. The summed E-state index contributed by atoms with van der Waals surface area (Å²) in [4.78, 5) is 11.1. The van der Waals surface area contributed by atoms with E-state index in [4.69, 9.17) is 19.2 Å². The monoisotopic (exact) mass is 377 g/mol. The van der Waals surface area contributed by atoms with Crippen molar-refractivity contribution in [2.75, 3.05) is 25.2 Å². The van der Waals surface area contributed by atoms with E-state index >= 15 is 0 Å². The first kappa shape index (κ1) is 18.3. The lowest BCUT2D eigenvalue weighted by molar-refractivity contribution is 0.135. The summed E-state index contributed by atoms with van der Waals surface area (Å²) in [6.07, 6.45) is 4.50. The Morgan fingerprint density at radius 3 is 2.71 bits per heavy atom. The van der Waals surface area contributed by atoms with E-state index in [0.29, 0.717) is 31.4 Å². The van der Waals surface area contributed by atoms with Gasteiger partial charge in [-0.05, 0) is 35.9 Å². The summed E-state index contributed by atoms with van der Waals surface area (Å²) in [6, 6.07) is 18.0. The smallest absolute Gasteiger partial charge is 0.259 e. The van der Waals surface area contributed by atoms with Crippen LogP contribution in [0.3, 0.4) is 0 Å². The van der Waals surface area contributed by atoms with E-state index in [0.717, 1.165) is 23.5 Å². The molecule has 0 spiro atoms. The van der Waals surface area contributed by atoms with Gasteiger partial charge in [0, 0.05) is 24.5 Å². The van der Waals surface area contributed by atoms with Gasteiger partial charge in [0.05, 0.1) is 26.9 Å². The Morgan fingerprint density at radius 2 is 2.00 bits per heavy atom. The first-order valence-corrected chi connectivity index (χ1v) is 9.34. The third kappa shape index (κ3) is 4.23. The number of anilines is 2. The average molecular weight is 377 g/mol. The van der Waals surface area contributed by atoms with Crippen LogP contribution in [0.1, 0.15) is 12.0 Å². The molecule has 6 nitrogen and oxygen atoms in total. The molecule has 6 heteroatoms. The Hall–Kier alpha value is -3.12. The van der Waals surface area contributed by atoms with Crippen molar-refractivity contribution in [3.8, 4) is 11.6 Å². The molecule has 1 aliphatic heterocycles. The molecule has 3 heterocycles. The summed E-state index contributed by atoms with van der Waals surface area (Å²) >= 11 is 0. The third-order valence-electron chi connectivity index (χ3n) is 4.60. The van der Waals surface area contributed by atoms with E-state index < -0.39 is 0 Å². The van der Waals surface area contributed by atoms with Crippen LogP contribution < -0.4 is 14.4 Å². The highest BCUT2D eigenvalue weighted by Crippen LogP contribution is 2.33. The highest BCUT2D eigenvalue weighted by molar-refractivity contribution is 5.61. The maximum Gasteiger partial charge on any atom is 0.259 e. The predicted molar refractivity (Wildman–Crippen MR) is 107 cm³/mol. The molecule has 0 saturated carbocycles. The van der Waals surface area contributed by atoms with E-state index in [1.54, 1.807) is 13.3 Å². The van der Waals surface area contributed by atoms with Gasteiger partial charge in [0.1, 0.15) is 11.9 Å². The van der Waals surface area contributed by atoms with Crippen molar-refractivity contribution in [1.82, 2.24) is 9.97 Å². The zero-order valence-electron chi connectivity index (χ0n) is 15.8. The highest BCUT2D eigenvalue weighted by atomic mass is 16.6. The molecule has 0 N–H and O–H groups in total. The zero-order chi connectivity index (χ0) is 19.2. The second-order valence-corrected chi connectivity index (χ2v) is 6.56. The second-order valence-electron chi connectivity index (χ2n) is 6.56. The quantitative estimate of drug-likeness (QED) is 0.621. The largest absolute Gasteiger partial charge is 0.491 e. The van der Waals surface area contributed by atoms with Crippen LogP contribution >= 0.6 is 0 Å². The molecule has 1 aromatic carbocycles. The molecular weight excluding hydrogens is 354 g/mol. The van der Waals surface area contributed by atoms with Crippen LogP contribution in [-0.2, 0) is 11.3 Å². The van der Waals surface area contributed by atoms with Crippen molar-refractivity contribution in [3.05, 3.63) is 72.6 Å². The van der Waals surface area contributed by atoms with Crippen molar-refractivity contribution in [2.45, 2.75) is 19.1 Å². The predicted octanol–water partition coefficient (Wildman–Crippen LogP) is 3.99. The zero-order valence-corrected chi connectivity index (χ0v) is 15.8. The van der Waals surface area contributed by atoms with Crippen molar-refractivity contribution < 1.29 is 14.2 Å². The minimum atomic E-state index is 0.000138. The molecule has 1 aliphatic rings. The molecule has 4 rings (SSSR count). The lowest BCUT2D eigenvalue weighted by atomic mass is 10.2. The fourth-order valence-electron chi connectivity index (χ4n) is 3.16. The fourth-order valence-corrected chi connectivity index (χ4v) is 3.16. The van der Waals surface area contributed by atoms with Crippen LogP contribution in [-0.4, -0.2) is 36.4 Å². The molecule has 1 saturated heterocycles. The number of rotatable bonds is 7. The first-order valence-electron chi connectivity index (χ1n) is 9.34. The van der Waals surface area contributed by atoms with Crippen molar-refractivity contribution in [1.29, 1.82) is 0 Å². The lowest BCUT2D eigenvalue weighted by Gasteiger charge is -2.25. The van der Waals surface area contributed by atoms with Gasteiger partial charge in [0.2, 0.25) is 0 Å². The Bertz CT molecular complexity index is 884. The second kappa shape index (κ2) is 8.71. The van der Waals surface area contributed by atoms with Crippen LogP contribution in [0.25, 0.3) is 0 Å². The van der Waals surface area contributed by atoms with Crippen LogP contribution in [0, 0.1) is 0 Å². The number of ether oxygens (including phenoxy) is 3. The molecule has 0 radical (unpaired) electrons. The summed E-state index contributed by atoms with van der Waals surface area (Å²) < 4.78 is 16.9. The summed E-state index contributed by atoms with van der Waals surface area (Å²) in [6.45, 7) is 1.93. The van der Waals surface area contributed by atoms with Gasteiger partial charge in [-0.3, -0.25) is 4.98 Å². The SMILES string of the molecule is COc1ccc(N(Cc2cccnc2)c2ccccc2)nc1O[C@@H]1CCOC1. The van der Waals surface area contributed by atoms with Gasteiger partial charge in [-0.2, -0.15) is 4.98 Å². The van der Waals surface area contributed by atoms with Gasteiger partial charge in [0.15, 0.2) is 5.75 Å². The number of para-hydroxylation sites is 1. The van der Waals surface area contributed by atoms with E-state index in [1.165, 1.54) is 0 Å². The third-order valence-corrected chi connectivity index (χ3v) is 4.60. The first-order chi connectivity index (χ1) is 13.8. The molecule has 2 aromatic heterocycles. The van der Waals surface area contributed by atoms with Crippen molar-refractivity contribution in [3.63, 3.8) is 0 Å². The molecule has 28 heavy (non-hydrogen) atoms. The Kier molecular flexibility index (Phi) is 5.68. The Morgan fingerprint density at radius 1 is 1.11 bits per heavy atom. The van der Waals surface area contributed by atoms with Gasteiger partial charge < -0.3 is 19.1 Å². The number of hydrogen-bond donors (Lipinski definition) is 0. The van der Waals surface area contributed by atoms with E-state index in [9.17, 15) is 0 Å². The van der Waals surface area contributed by atoms with Crippen LogP contribution in [0.5, 0.6) is 11.6 Å². The number of methoxy groups -OCH3 is 1. The number of benzene rings is 1. The summed E-state index contributed by atoms with van der Waals surface area (Å²) in [5.74, 6) is 1.89. The highest BCUT2D eigenvalue weighted by Gasteiger charge is 2.21. The molecule has 0 bridgehead atoms. The molecular formula is C22H23N3O3. The van der Waals surface area contributed by atoms with Gasteiger partial charge >= 0.3 is 0 Å². The summed E-state index contributed by atoms with van der Waals surface area (Å²) in [5, 5.41) is 0. The fraction of sp³-hybridized carbons (Fsp3) is 0.273. The van der Waals surface area contributed by atoms with Gasteiger partial charge in [-0.15, -0.1) is 0 Å². The minimum absolute atomic E-state index is 0.000138. The van der Waals surface area contributed by atoms with Crippen LogP contribution in [0.15, 0.2) is 67.0 Å². The molecule has 3 aromatic rings. The van der Waals surface area contributed by atoms with E-state index in [1.807, 2.05) is 42.6 Å². The van der Waals surface area contributed by atoms with Crippen molar-refractivity contribution in [2.24, 2.45) is 0 Å². The number of nitrogens with zero attached hydrogens (tertiary/aromatic N) is 3. The maximum absolute atomic E-state index is 6.07. The number of pyridine rings is 2. The van der Waals surface area contributed by atoms with E-state index in [2.05, 4.69) is 28.1 Å². The molecule has 0 amide bonds. The summed E-state index contributed by atoms with van der Waals surface area (Å²) in [5.41, 5.74) is 2.13. The normalized spacial score (nSPS) is 16.0. The molecule has 144 valence electrons. The standard InChI is InChI=1S/C22H23N3O3/c1-26-20-9-10-21(24-22(20)28-19-11-13-27-16-19)25(18-7-3-2-4-8-18)15-17-6-5-12-23-14-17/h2-10,12,14,19H,11,13,15-16H2,1H3/t19-/m1/s1. The topological polar surface area (TPSA) is 56.7 Å². The van der Waals surface area contributed by atoms with Gasteiger partial charge in [-0.25, -0.2) is 0 Å². The number of aromatic nitrogens is 2. The molecule has 1 fully saturated rings. The van der Waals surface area contributed by atoms with E-state index in [-0.39, 0.29) is 6.10 Å². The van der Waals surface area contributed by atoms with Gasteiger partial charge in [-0.1, -0.05) is 24.3 Å². The van der Waals surface area contributed by atoms with Crippen molar-refractivity contribution >= 4 is 11.5 Å². The van der Waals surface area contributed by atoms with Crippen LogP contribution in [0.2, 0.25) is 0 Å². The molecule has 0 unspecified atom stereocenters. The Balaban J connectivity index is 1.68. The lowest BCUT2D eigenvalue weighted by Crippen LogP contribution is -2.20. The van der Waals surface area contributed by atoms with Crippen LogP contribution in [0.4, 0.5) is 11.5 Å². The maximum atomic E-state index is 6.07.